The second-order valence-electron chi connectivity index (χ2n) is 7.44. The quantitative estimate of drug-likeness (QED) is 0.0909. The molecule has 0 spiro atoms. The smallest absolute Gasteiger partial charge is 0.270 e. The van der Waals surface area contributed by atoms with E-state index >= 15 is 0 Å². The molecule has 0 unspecified atom stereocenters. The van der Waals surface area contributed by atoms with Crippen LogP contribution >= 0.6 is 23.2 Å². The van der Waals surface area contributed by atoms with Crippen molar-refractivity contribution in [1.29, 1.82) is 0 Å². The molecule has 4 aromatic rings. The van der Waals surface area contributed by atoms with E-state index in [1.165, 1.54) is 24.3 Å². The Kier molecular flexibility index (Phi) is 7.48. The third kappa shape index (κ3) is 5.80. The van der Waals surface area contributed by atoms with Gasteiger partial charge in [0.1, 0.15) is 17.1 Å². The van der Waals surface area contributed by atoms with E-state index < -0.39 is 16.7 Å². The number of amides is 2. The highest BCUT2D eigenvalue weighted by Gasteiger charge is 2.21. The van der Waals surface area contributed by atoms with Crippen LogP contribution in [-0.4, -0.2) is 16.7 Å². The zero-order chi connectivity index (χ0) is 25.7. The number of anilines is 2. The molecule has 10 heteroatoms. The van der Waals surface area contributed by atoms with Gasteiger partial charge >= 0.3 is 0 Å². The third-order valence-electron chi connectivity index (χ3n) is 4.99. The van der Waals surface area contributed by atoms with Gasteiger partial charge in [0.25, 0.3) is 17.5 Å². The Bertz CT molecular complexity index is 1430. The number of furan rings is 1. The van der Waals surface area contributed by atoms with Crippen molar-refractivity contribution in [3.8, 4) is 11.3 Å². The van der Waals surface area contributed by atoms with E-state index in [9.17, 15) is 19.7 Å². The van der Waals surface area contributed by atoms with Gasteiger partial charge in [-0.05, 0) is 42.5 Å². The van der Waals surface area contributed by atoms with Gasteiger partial charge in [0.2, 0.25) is 0 Å². The summed E-state index contributed by atoms with van der Waals surface area (Å²) >= 11 is 12.3. The Labute approximate surface area is 215 Å². The van der Waals surface area contributed by atoms with Crippen molar-refractivity contribution in [2.75, 3.05) is 10.6 Å². The molecular formula is C26H17Cl2N3O5. The van der Waals surface area contributed by atoms with Gasteiger partial charge < -0.3 is 15.1 Å². The molecule has 1 heterocycles. The zero-order valence-electron chi connectivity index (χ0n) is 18.4. The molecule has 0 radical (unpaired) electrons. The second kappa shape index (κ2) is 10.9. The van der Waals surface area contributed by atoms with E-state index in [0.29, 0.717) is 32.7 Å². The number of rotatable bonds is 7. The number of hydrogen-bond donors (Lipinski definition) is 2. The maximum atomic E-state index is 13.1. The number of non-ortho nitro benzene ring substituents is 1. The van der Waals surface area contributed by atoms with Crippen molar-refractivity contribution in [2.45, 2.75) is 0 Å². The first-order valence-corrected chi connectivity index (χ1v) is 11.3. The van der Waals surface area contributed by atoms with Crippen LogP contribution in [0.4, 0.5) is 17.1 Å². The van der Waals surface area contributed by atoms with Gasteiger partial charge in [-0.15, -0.1) is 0 Å². The lowest BCUT2D eigenvalue weighted by molar-refractivity contribution is -0.384. The second-order valence-corrected chi connectivity index (χ2v) is 8.25. The summed E-state index contributed by atoms with van der Waals surface area (Å²) < 4.78 is 5.77. The fraction of sp³-hybridized carbons (Fsp3) is 0. The highest BCUT2D eigenvalue weighted by atomic mass is 35.5. The molecule has 0 atom stereocenters. The van der Waals surface area contributed by atoms with E-state index in [4.69, 9.17) is 27.6 Å². The van der Waals surface area contributed by atoms with Crippen LogP contribution in [0.5, 0.6) is 0 Å². The normalized spacial score (nSPS) is 10.4. The van der Waals surface area contributed by atoms with Gasteiger partial charge in [-0.2, -0.15) is 0 Å². The molecule has 0 aliphatic heterocycles. The summed E-state index contributed by atoms with van der Waals surface area (Å²) in [6.07, 6.45) is 1.26. The molecule has 4 rings (SSSR count). The number of hydrogen-bond acceptors (Lipinski definition) is 5. The molecule has 36 heavy (non-hydrogen) atoms. The topological polar surface area (TPSA) is 114 Å². The lowest BCUT2D eigenvalue weighted by atomic mass is 10.1. The van der Waals surface area contributed by atoms with Crippen molar-refractivity contribution in [3.63, 3.8) is 0 Å². The van der Waals surface area contributed by atoms with Crippen molar-refractivity contribution in [2.24, 2.45) is 0 Å². The molecule has 0 saturated heterocycles. The molecule has 3 aromatic carbocycles. The molecule has 0 saturated carbocycles. The Morgan fingerprint density at radius 3 is 1.94 bits per heavy atom. The summed E-state index contributed by atoms with van der Waals surface area (Å²) in [6, 6.07) is 22.2. The fourth-order valence-corrected chi connectivity index (χ4v) is 3.61. The molecule has 180 valence electrons. The maximum Gasteiger partial charge on any atom is 0.270 e. The summed E-state index contributed by atoms with van der Waals surface area (Å²) in [7, 11) is 0. The van der Waals surface area contributed by atoms with Crippen molar-refractivity contribution in [3.05, 3.63) is 116 Å². The van der Waals surface area contributed by atoms with Gasteiger partial charge in [-0.1, -0.05) is 59.6 Å². The largest absolute Gasteiger partial charge is 0.457 e. The summed E-state index contributed by atoms with van der Waals surface area (Å²) in [4.78, 5) is 36.8. The van der Waals surface area contributed by atoms with Crippen molar-refractivity contribution in [1.82, 2.24) is 0 Å². The molecule has 0 bridgehead atoms. The average molecular weight is 522 g/mol. The minimum Gasteiger partial charge on any atom is -0.457 e. The Morgan fingerprint density at radius 1 is 0.806 bits per heavy atom. The highest BCUT2D eigenvalue weighted by molar-refractivity contribution is 6.36. The molecular weight excluding hydrogens is 505 g/mol. The number of nitro benzene ring substituents is 1. The van der Waals surface area contributed by atoms with Crippen LogP contribution in [0, 0.1) is 10.1 Å². The fourth-order valence-electron chi connectivity index (χ4n) is 3.24. The first kappa shape index (κ1) is 24.7. The van der Waals surface area contributed by atoms with Crippen molar-refractivity contribution < 1.29 is 18.9 Å². The monoisotopic (exact) mass is 521 g/mol. The summed E-state index contributed by atoms with van der Waals surface area (Å²) in [5.74, 6) is -0.973. The molecule has 8 nitrogen and oxygen atoms in total. The van der Waals surface area contributed by atoms with Gasteiger partial charge in [0.15, 0.2) is 0 Å². The van der Waals surface area contributed by atoms with Gasteiger partial charge in [-0.25, -0.2) is 0 Å². The molecule has 0 aliphatic rings. The number of carbonyl (C=O) groups excluding carboxylic acids is 2. The Hall–Kier alpha value is -4.40. The minimum absolute atomic E-state index is 0.0973. The highest BCUT2D eigenvalue weighted by Crippen LogP contribution is 2.28. The van der Waals surface area contributed by atoms with Gasteiger partial charge in [0, 0.05) is 17.7 Å². The standard InChI is InChI=1S/C26H17Cl2N3O5/c27-20-8-1-3-10-22(20)29-25(32)19(26(33)30-23-11-4-2-9-21(23)28)15-18-12-13-24(36-18)16-6-5-7-17(14-16)31(34)35/h1-15H,(H,29,32)(H,30,33). The number of benzene rings is 3. The molecule has 0 fully saturated rings. The first-order valence-electron chi connectivity index (χ1n) is 10.5. The van der Waals surface area contributed by atoms with Gasteiger partial charge in [0.05, 0.1) is 26.3 Å². The third-order valence-corrected chi connectivity index (χ3v) is 5.65. The average Bonchev–Trinajstić information content (AvgIpc) is 3.34. The Balaban J connectivity index is 1.68. The number of nitrogens with zero attached hydrogens (tertiary/aromatic N) is 1. The predicted octanol–water partition coefficient (Wildman–Crippen LogP) is 6.82. The predicted molar refractivity (Wildman–Crippen MR) is 139 cm³/mol. The molecule has 2 N–H and O–H groups in total. The summed E-state index contributed by atoms with van der Waals surface area (Å²) in [5.41, 5.74) is 0.718. The minimum atomic E-state index is -0.735. The van der Waals surface area contributed by atoms with E-state index in [1.807, 2.05) is 0 Å². The molecule has 2 amide bonds. The van der Waals surface area contributed by atoms with Gasteiger partial charge in [-0.3, -0.25) is 19.7 Å². The molecule has 1 aromatic heterocycles. The van der Waals surface area contributed by atoms with Crippen molar-refractivity contribution >= 4 is 58.2 Å². The number of nitro groups is 1. The number of halogens is 2. The Morgan fingerprint density at radius 2 is 1.39 bits per heavy atom. The number of nitrogens with one attached hydrogen (secondary N) is 2. The lowest BCUT2D eigenvalue weighted by Gasteiger charge is -2.11. The van der Waals surface area contributed by atoms with Crippen LogP contribution in [0.2, 0.25) is 10.0 Å². The zero-order valence-corrected chi connectivity index (χ0v) is 19.9. The summed E-state index contributed by atoms with van der Waals surface area (Å²) in [5, 5.41) is 16.9. The SMILES string of the molecule is O=C(Nc1ccccc1Cl)C(=Cc1ccc(-c2cccc([N+](=O)[O-])c2)o1)C(=O)Nc1ccccc1Cl. The van der Waals surface area contributed by atoms with E-state index in [-0.39, 0.29) is 17.0 Å². The van der Waals surface area contributed by atoms with Crippen LogP contribution in [0.3, 0.4) is 0 Å². The van der Waals surface area contributed by atoms with Crippen LogP contribution < -0.4 is 10.6 Å². The van der Waals surface area contributed by atoms with Crippen LogP contribution in [-0.2, 0) is 9.59 Å². The number of carbonyl (C=O) groups is 2. The number of para-hydroxylation sites is 2. The lowest BCUT2D eigenvalue weighted by Crippen LogP contribution is -2.25. The molecule has 0 aliphatic carbocycles. The van der Waals surface area contributed by atoms with E-state index in [2.05, 4.69) is 10.6 Å². The van der Waals surface area contributed by atoms with Crippen LogP contribution in [0.1, 0.15) is 5.76 Å². The summed E-state index contributed by atoms with van der Waals surface area (Å²) in [6.45, 7) is 0. The van der Waals surface area contributed by atoms with Crippen LogP contribution in [0.25, 0.3) is 17.4 Å². The maximum absolute atomic E-state index is 13.1. The van der Waals surface area contributed by atoms with Crippen LogP contribution in [0.15, 0.2) is 94.9 Å². The van der Waals surface area contributed by atoms with E-state index in [0.717, 1.165) is 0 Å². The first-order chi connectivity index (χ1) is 17.3. The van der Waals surface area contributed by atoms with E-state index in [1.54, 1.807) is 66.7 Å².